The summed E-state index contributed by atoms with van der Waals surface area (Å²) in [5.41, 5.74) is 0.269. The van der Waals surface area contributed by atoms with Crippen LogP contribution in [0.15, 0.2) is 24.3 Å². The molecular weight excluding hydrogens is 184 g/mol. The summed E-state index contributed by atoms with van der Waals surface area (Å²) in [5, 5.41) is 8.51. The van der Waals surface area contributed by atoms with Gasteiger partial charge in [0.15, 0.2) is 0 Å². The number of carboxylic acid groups (broad SMARTS) is 1. The van der Waals surface area contributed by atoms with Crippen molar-refractivity contribution in [3.05, 3.63) is 29.8 Å². The van der Waals surface area contributed by atoms with Gasteiger partial charge in [0, 0.05) is 0 Å². The zero-order valence-electron chi connectivity index (χ0n) is 8.06. The molecule has 14 heavy (non-hydrogen) atoms. The highest BCUT2D eigenvalue weighted by atomic mass is 16.5. The van der Waals surface area contributed by atoms with E-state index >= 15 is 0 Å². The van der Waals surface area contributed by atoms with Crippen molar-refractivity contribution in [3.63, 3.8) is 0 Å². The normalized spacial score (nSPS) is 8.14. The van der Waals surface area contributed by atoms with Gasteiger partial charge in [-0.3, -0.25) is 0 Å². The Morgan fingerprint density at radius 1 is 1.36 bits per heavy atom. The van der Waals surface area contributed by atoms with Gasteiger partial charge in [-0.1, -0.05) is 0 Å². The molecule has 0 bridgehead atoms. The van der Waals surface area contributed by atoms with E-state index in [2.05, 4.69) is 0 Å². The summed E-state index contributed by atoms with van der Waals surface area (Å²) in [6, 6.07) is 6.23. The Hall–Kier alpha value is -1.84. The minimum atomic E-state index is -0.923. The number of carbonyl (C=O) groups excluding carboxylic acids is 1. The van der Waals surface area contributed by atoms with E-state index in [0.717, 1.165) is 6.29 Å². The number of hydrogen-bond acceptors (Lipinski definition) is 3. The van der Waals surface area contributed by atoms with Gasteiger partial charge in [-0.25, -0.2) is 4.79 Å². The summed E-state index contributed by atoms with van der Waals surface area (Å²) < 4.78 is 4.86. The van der Waals surface area contributed by atoms with Crippen molar-refractivity contribution in [3.8, 4) is 5.75 Å². The van der Waals surface area contributed by atoms with Crippen LogP contribution in [0.25, 0.3) is 0 Å². The minimum absolute atomic E-state index is 0.269. The monoisotopic (exact) mass is 196 g/mol. The van der Waals surface area contributed by atoms with Crippen molar-refractivity contribution in [2.75, 3.05) is 7.11 Å². The van der Waals surface area contributed by atoms with E-state index in [1.54, 1.807) is 12.1 Å². The largest absolute Gasteiger partial charge is 0.497 e. The number of aldehydes is 1. The van der Waals surface area contributed by atoms with Crippen LogP contribution in [0, 0.1) is 0 Å². The minimum Gasteiger partial charge on any atom is -0.497 e. The highest BCUT2D eigenvalue weighted by molar-refractivity contribution is 5.87. The topological polar surface area (TPSA) is 63.6 Å². The molecular formula is C10H12O4. The van der Waals surface area contributed by atoms with Crippen molar-refractivity contribution >= 4 is 12.3 Å². The number of rotatable bonds is 2. The molecule has 0 aliphatic rings. The van der Waals surface area contributed by atoms with Gasteiger partial charge in [0.25, 0.3) is 0 Å². The Morgan fingerprint density at radius 3 is 2.07 bits per heavy atom. The lowest BCUT2D eigenvalue weighted by Crippen LogP contribution is -1.95. The zero-order chi connectivity index (χ0) is 11.0. The van der Waals surface area contributed by atoms with E-state index in [0.29, 0.717) is 5.75 Å². The molecule has 0 radical (unpaired) electrons. The van der Waals surface area contributed by atoms with Gasteiger partial charge in [-0.15, -0.1) is 0 Å². The molecule has 1 rings (SSSR count). The first-order valence-electron chi connectivity index (χ1n) is 3.92. The number of carbonyl (C=O) groups is 2. The van der Waals surface area contributed by atoms with Crippen LogP contribution < -0.4 is 4.74 Å². The fraction of sp³-hybridized carbons (Fsp3) is 0.200. The van der Waals surface area contributed by atoms with Gasteiger partial charge in [0.1, 0.15) is 12.0 Å². The number of carboxylic acids is 1. The van der Waals surface area contributed by atoms with Gasteiger partial charge >= 0.3 is 5.97 Å². The fourth-order valence-electron chi connectivity index (χ4n) is 0.734. The Balaban J connectivity index is 0.000000500. The van der Waals surface area contributed by atoms with Gasteiger partial charge in [-0.05, 0) is 31.2 Å². The maximum absolute atomic E-state index is 10.4. The molecule has 0 aromatic heterocycles. The average Bonchev–Trinajstić information content (AvgIpc) is 2.19. The first-order chi connectivity index (χ1) is 6.65. The fourth-order valence-corrected chi connectivity index (χ4v) is 0.734. The molecule has 0 aliphatic heterocycles. The van der Waals surface area contributed by atoms with Crippen LogP contribution in [-0.2, 0) is 4.79 Å². The van der Waals surface area contributed by atoms with Crippen molar-refractivity contribution in [2.45, 2.75) is 6.92 Å². The second kappa shape index (κ2) is 6.65. The summed E-state index contributed by atoms with van der Waals surface area (Å²) in [6.45, 7) is 1.44. The zero-order valence-corrected chi connectivity index (χ0v) is 8.06. The molecule has 0 saturated heterocycles. The third kappa shape index (κ3) is 4.25. The molecule has 0 amide bonds. The maximum Gasteiger partial charge on any atom is 0.335 e. The summed E-state index contributed by atoms with van der Waals surface area (Å²) >= 11 is 0. The lowest BCUT2D eigenvalue weighted by atomic mass is 10.2. The molecule has 0 aliphatic carbocycles. The van der Waals surface area contributed by atoms with Crippen LogP contribution in [0.5, 0.6) is 5.75 Å². The lowest BCUT2D eigenvalue weighted by molar-refractivity contribution is -0.106. The molecule has 0 atom stereocenters. The highest BCUT2D eigenvalue weighted by Crippen LogP contribution is 2.10. The van der Waals surface area contributed by atoms with E-state index in [9.17, 15) is 4.79 Å². The summed E-state index contributed by atoms with van der Waals surface area (Å²) in [6.07, 6.45) is 0.750. The van der Waals surface area contributed by atoms with Crippen LogP contribution in [0.1, 0.15) is 17.3 Å². The molecule has 1 N–H and O–H groups in total. The van der Waals surface area contributed by atoms with Gasteiger partial charge < -0.3 is 14.6 Å². The predicted molar refractivity (Wildman–Crippen MR) is 51.7 cm³/mol. The number of methoxy groups -OCH3 is 1. The van der Waals surface area contributed by atoms with Gasteiger partial charge in [-0.2, -0.15) is 0 Å². The van der Waals surface area contributed by atoms with Crippen LogP contribution in [0.3, 0.4) is 0 Å². The Bertz CT molecular complexity index is 289. The second-order valence-corrected chi connectivity index (χ2v) is 2.27. The Morgan fingerprint density at radius 2 is 1.79 bits per heavy atom. The van der Waals surface area contributed by atoms with Crippen LogP contribution >= 0.6 is 0 Å². The standard InChI is InChI=1S/C8H8O3.C2H4O/c1-11-7-4-2-6(3-5-7)8(9)10;1-2-3/h2-5H,1H3,(H,9,10);2H,1H3. The molecule has 4 nitrogen and oxygen atoms in total. The maximum atomic E-state index is 10.4. The SMILES string of the molecule is CC=O.COc1ccc(C(=O)O)cc1. The summed E-state index contributed by atoms with van der Waals surface area (Å²) in [7, 11) is 1.54. The van der Waals surface area contributed by atoms with Crippen molar-refractivity contribution in [1.82, 2.24) is 0 Å². The molecule has 1 aromatic carbocycles. The van der Waals surface area contributed by atoms with Crippen LogP contribution in [0.2, 0.25) is 0 Å². The number of hydrogen-bond donors (Lipinski definition) is 1. The van der Waals surface area contributed by atoms with Crippen LogP contribution in [0.4, 0.5) is 0 Å². The van der Waals surface area contributed by atoms with Gasteiger partial charge in [0.05, 0.1) is 12.7 Å². The smallest absolute Gasteiger partial charge is 0.335 e. The lowest BCUT2D eigenvalue weighted by Gasteiger charge is -1.98. The van der Waals surface area contributed by atoms with E-state index in [4.69, 9.17) is 14.6 Å². The molecule has 0 heterocycles. The summed E-state index contributed by atoms with van der Waals surface area (Å²) in [5.74, 6) is -0.261. The van der Waals surface area contributed by atoms with E-state index in [-0.39, 0.29) is 5.56 Å². The first-order valence-corrected chi connectivity index (χ1v) is 3.92. The average molecular weight is 196 g/mol. The summed E-state index contributed by atoms with van der Waals surface area (Å²) in [4.78, 5) is 19.2. The van der Waals surface area contributed by atoms with Crippen molar-refractivity contribution in [2.24, 2.45) is 0 Å². The van der Waals surface area contributed by atoms with E-state index < -0.39 is 5.97 Å². The van der Waals surface area contributed by atoms with Crippen molar-refractivity contribution < 1.29 is 19.4 Å². The van der Waals surface area contributed by atoms with Crippen molar-refractivity contribution in [1.29, 1.82) is 0 Å². The highest BCUT2D eigenvalue weighted by Gasteiger charge is 2.00. The predicted octanol–water partition coefficient (Wildman–Crippen LogP) is 1.60. The molecule has 76 valence electrons. The Kier molecular flexibility index (Phi) is 5.78. The van der Waals surface area contributed by atoms with E-state index in [1.165, 1.54) is 26.2 Å². The molecule has 0 saturated carbocycles. The number of aromatic carboxylic acids is 1. The first kappa shape index (κ1) is 12.2. The molecule has 0 spiro atoms. The molecule has 0 unspecified atom stereocenters. The number of benzene rings is 1. The van der Waals surface area contributed by atoms with Gasteiger partial charge in [0.2, 0.25) is 0 Å². The Labute approximate surface area is 82.1 Å². The molecule has 1 aromatic rings. The number of ether oxygens (including phenoxy) is 1. The van der Waals surface area contributed by atoms with E-state index in [1.807, 2.05) is 0 Å². The van der Waals surface area contributed by atoms with Crippen LogP contribution in [-0.4, -0.2) is 24.5 Å². The molecule has 4 heteroatoms. The third-order valence-corrected chi connectivity index (χ3v) is 1.34. The second-order valence-electron chi connectivity index (χ2n) is 2.27. The quantitative estimate of drug-likeness (QED) is 0.729. The molecule has 0 fully saturated rings. The third-order valence-electron chi connectivity index (χ3n) is 1.34.